The molecule has 14 heavy (non-hydrogen) atoms. The molecule has 0 fully saturated rings. The molecule has 0 atom stereocenters. The standard InChI is InChI=1S/C12H13.ClH.Zr/c1-10(11-6-2-3-7-11)12-8-4-5-9-12;;/h2-6,8H,7,9H2,1H3;1H;/q-1;;. The van der Waals surface area contributed by atoms with Crippen molar-refractivity contribution in [3.05, 3.63) is 53.5 Å². The van der Waals surface area contributed by atoms with Gasteiger partial charge in [-0.2, -0.15) is 18.1 Å². The molecular formula is C12H14ClZr-. The van der Waals surface area contributed by atoms with Gasteiger partial charge in [0.05, 0.1) is 0 Å². The molecule has 0 saturated carbocycles. The van der Waals surface area contributed by atoms with Crippen LogP contribution in [0, 0.1) is 5.92 Å². The minimum atomic E-state index is 0. The van der Waals surface area contributed by atoms with Crippen LogP contribution in [0.4, 0.5) is 0 Å². The molecule has 2 aliphatic carbocycles. The van der Waals surface area contributed by atoms with Crippen LogP contribution in [-0.2, 0) is 26.2 Å². The van der Waals surface area contributed by atoms with Gasteiger partial charge >= 0.3 is 0 Å². The first-order valence-electron chi connectivity index (χ1n) is 4.43. The Morgan fingerprint density at radius 1 is 1.00 bits per heavy atom. The zero-order valence-corrected chi connectivity index (χ0v) is 11.6. The SMILES string of the molecule is C[C-](C1=CC=CC1)C1=CC=CC1.Cl.[Zr]. The molecule has 0 bridgehead atoms. The van der Waals surface area contributed by atoms with Gasteiger partial charge in [0.25, 0.3) is 0 Å². The first kappa shape index (κ1) is 14.0. The summed E-state index contributed by atoms with van der Waals surface area (Å²) in [4.78, 5) is 0. The van der Waals surface area contributed by atoms with Gasteiger partial charge in [0, 0.05) is 26.2 Å². The van der Waals surface area contributed by atoms with Gasteiger partial charge in [-0.15, -0.1) is 35.7 Å². The second kappa shape index (κ2) is 6.48. The van der Waals surface area contributed by atoms with Crippen molar-refractivity contribution in [2.45, 2.75) is 19.8 Å². The monoisotopic (exact) mass is 283 g/mol. The van der Waals surface area contributed by atoms with Gasteiger partial charge in [-0.25, -0.2) is 0 Å². The van der Waals surface area contributed by atoms with Gasteiger partial charge < -0.3 is 0 Å². The first-order valence-corrected chi connectivity index (χ1v) is 4.43. The molecule has 0 heterocycles. The van der Waals surface area contributed by atoms with Gasteiger partial charge in [-0.05, 0) is 12.8 Å². The second-order valence-corrected chi connectivity index (χ2v) is 3.27. The third kappa shape index (κ3) is 3.00. The van der Waals surface area contributed by atoms with Gasteiger partial charge in [-0.3, -0.25) is 0 Å². The van der Waals surface area contributed by atoms with Crippen LogP contribution in [0.25, 0.3) is 0 Å². The average molecular weight is 285 g/mol. The van der Waals surface area contributed by atoms with E-state index in [0.717, 1.165) is 12.8 Å². The van der Waals surface area contributed by atoms with Crippen molar-refractivity contribution in [3.63, 3.8) is 0 Å². The maximum atomic E-state index is 2.22. The minimum absolute atomic E-state index is 0. The Hall–Kier alpha value is 0.00312. The van der Waals surface area contributed by atoms with Crippen molar-refractivity contribution < 1.29 is 26.2 Å². The molecule has 2 rings (SSSR count). The smallest absolute Gasteiger partial charge is 0 e. The molecule has 0 amide bonds. The molecule has 0 N–H and O–H groups in total. The maximum absolute atomic E-state index is 2.22. The summed E-state index contributed by atoms with van der Waals surface area (Å²) in [7, 11) is 0. The molecule has 2 heteroatoms. The third-order valence-electron chi connectivity index (χ3n) is 2.51. The Bertz CT molecular complexity index is 267. The summed E-state index contributed by atoms with van der Waals surface area (Å²) in [6, 6.07) is 0. The Labute approximate surface area is 111 Å². The van der Waals surface area contributed by atoms with Crippen LogP contribution < -0.4 is 0 Å². The molecule has 0 radical (unpaired) electrons. The fourth-order valence-corrected chi connectivity index (χ4v) is 1.66. The molecule has 0 unspecified atom stereocenters. The molecule has 0 aliphatic heterocycles. The molecule has 0 saturated heterocycles. The Morgan fingerprint density at radius 3 is 1.71 bits per heavy atom. The summed E-state index contributed by atoms with van der Waals surface area (Å²) in [5.74, 6) is 1.46. The van der Waals surface area contributed by atoms with Crippen molar-refractivity contribution in [3.8, 4) is 0 Å². The van der Waals surface area contributed by atoms with Crippen LogP contribution in [-0.4, -0.2) is 0 Å². The predicted octanol–water partition coefficient (Wildman–Crippen LogP) is 3.77. The van der Waals surface area contributed by atoms with E-state index in [1.165, 1.54) is 17.1 Å². The van der Waals surface area contributed by atoms with Gasteiger partial charge in [0.15, 0.2) is 0 Å². The van der Waals surface area contributed by atoms with Crippen LogP contribution >= 0.6 is 12.4 Å². The molecule has 0 aromatic heterocycles. The van der Waals surface area contributed by atoms with Crippen LogP contribution in [0.15, 0.2) is 47.6 Å². The van der Waals surface area contributed by atoms with E-state index in [1.807, 2.05) is 0 Å². The molecule has 0 aromatic carbocycles. The van der Waals surface area contributed by atoms with Crippen molar-refractivity contribution in [2.24, 2.45) is 0 Å². The maximum Gasteiger partial charge on any atom is 0 e. The molecule has 2 aliphatic rings. The number of hydrogen-bond donors (Lipinski definition) is 0. The topological polar surface area (TPSA) is 0 Å². The molecule has 0 aromatic rings. The molecule has 0 nitrogen and oxygen atoms in total. The van der Waals surface area contributed by atoms with E-state index in [9.17, 15) is 0 Å². The molecular weight excluding hydrogens is 271 g/mol. The summed E-state index contributed by atoms with van der Waals surface area (Å²) >= 11 is 0. The molecule has 74 valence electrons. The quantitative estimate of drug-likeness (QED) is 0.677. The Morgan fingerprint density at radius 2 is 1.43 bits per heavy atom. The number of halogens is 1. The van der Waals surface area contributed by atoms with Gasteiger partial charge in [-0.1, -0.05) is 19.1 Å². The summed E-state index contributed by atoms with van der Waals surface area (Å²) in [6.07, 6.45) is 15.4. The Kier molecular flexibility index (Phi) is 6.48. The minimum Gasteiger partial charge on any atom is -0.155 e. The van der Waals surface area contributed by atoms with E-state index in [4.69, 9.17) is 0 Å². The van der Waals surface area contributed by atoms with Crippen molar-refractivity contribution in [1.82, 2.24) is 0 Å². The van der Waals surface area contributed by atoms with E-state index in [-0.39, 0.29) is 38.6 Å². The van der Waals surface area contributed by atoms with Crippen molar-refractivity contribution in [1.29, 1.82) is 0 Å². The van der Waals surface area contributed by atoms with E-state index >= 15 is 0 Å². The summed E-state index contributed by atoms with van der Waals surface area (Å²) in [5, 5.41) is 0. The van der Waals surface area contributed by atoms with E-state index in [1.54, 1.807) is 0 Å². The van der Waals surface area contributed by atoms with Crippen molar-refractivity contribution in [2.75, 3.05) is 0 Å². The third-order valence-corrected chi connectivity index (χ3v) is 2.51. The molecule has 0 spiro atoms. The van der Waals surface area contributed by atoms with E-state index in [2.05, 4.69) is 43.4 Å². The van der Waals surface area contributed by atoms with Crippen molar-refractivity contribution >= 4 is 12.4 Å². The second-order valence-electron chi connectivity index (χ2n) is 3.27. The summed E-state index contributed by atoms with van der Waals surface area (Å²) in [5.41, 5.74) is 2.95. The Balaban J connectivity index is 0.000000845. The number of rotatable bonds is 2. The normalized spacial score (nSPS) is 16.9. The van der Waals surface area contributed by atoms with Crippen LogP contribution in [0.2, 0.25) is 0 Å². The van der Waals surface area contributed by atoms with Crippen LogP contribution in [0.3, 0.4) is 0 Å². The summed E-state index contributed by atoms with van der Waals surface area (Å²) in [6.45, 7) is 2.22. The van der Waals surface area contributed by atoms with Crippen LogP contribution in [0.1, 0.15) is 19.8 Å². The average Bonchev–Trinajstić information content (AvgIpc) is 2.77. The van der Waals surface area contributed by atoms with E-state index in [0.29, 0.717) is 0 Å². The zero-order valence-electron chi connectivity index (χ0n) is 8.29. The first-order chi connectivity index (χ1) is 5.88. The fourth-order valence-electron chi connectivity index (χ4n) is 1.66. The number of hydrogen-bond acceptors (Lipinski definition) is 0. The zero-order chi connectivity index (χ0) is 8.39. The summed E-state index contributed by atoms with van der Waals surface area (Å²) < 4.78 is 0. The van der Waals surface area contributed by atoms with Gasteiger partial charge in [0.1, 0.15) is 0 Å². The fraction of sp³-hybridized carbons (Fsp3) is 0.250. The largest absolute Gasteiger partial charge is 0.155 e. The van der Waals surface area contributed by atoms with E-state index < -0.39 is 0 Å². The van der Waals surface area contributed by atoms with Crippen LogP contribution in [0.5, 0.6) is 0 Å². The predicted molar refractivity (Wildman–Crippen MR) is 59.8 cm³/mol. The number of allylic oxidation sites excluding steroid dienone is 8. The van der Waals surface area contributed by atoms with Gasteiger partial charge in [0.2, 0.25) is 0 Å².